The van der Waals surface area contributed by atoms with E-state index in [1.165, 1.54) is 21.5 Å². The van der Waals surface area contributed by atoms with Crippen LogP contribution in [0.1, 0.15) is 5.56 Å². The van der Waals surface area contributed by atoms with E-state index in [4.69, 9.17) is 6.57 Å². The zero-order chi connectivity index (χ0) is 36.6. The second-order valence-corrected chi connectivity index (χ2v) is 14.0. The fourth-order valence-electron chi connectivity index (χ4n) is 8.79. The Morgan fingerprint density at radius 3 is 1.53 bits per heavy atom. The predicted molar refractivity (Wildman–Crippen MR) is 226 cm³/mol. The third-order valence-corrected chi connectivity index (χ3v) is 11.0. The van der Waals surface area contributed by atoms with Crippen LogP contribution >= 0.6 is 0 Å². The molecule has 0 aliphatic carbocycles. The lowest BCUT2D eigenvalue weighted by Crippen LogP contribution is -2.01. The Kier molecular flexibility index (Phi) is 6.61. The lowest BCUT2D eigenvalue weighted by Gasteiger charge is -2.16. The maximum atomic E-state index is 10.2. The molecule has 0 spiro atoms. The number of fused-ring (bicyclic) bond motifs is 9. The van der Waals surface area contributed by atoms with E-state index in [0.29, 0.717) is 11.3 Å². The van der Waals surface area contributed by atoms with Crippen LogP contribution in [0.5, 0.6) is 0 Å². The van der Waals surface area contributed by atoms with Gasteiger partial charge in [-0.05, 0) is 77.9 Å². The molecule has 0 fully saturated rings. The van der Waals surface area contributed by atoms with Gasteiger partial charge in [0.1, 0.15) is 6.07 Å². The average Bonchev–Trinajstić information content (AvgIpc) is 3.90. The van der Waals surface area contributed by atoms with Gasteiger partial charge in [-0.15, -0.1) is 0 Å². The summed E-state index contributed by atoms with van der Waals surface area (Å²) in [5.41, 5.74) is 12.4. The van der Waals surface area contributed by atoms with Crippen molar-refractivity contribution in [3.63, 3.8) is 0 Å². The highest BCUT2D eigenvalue weighted by Gasteiger charge is 2.21. The highest BCUT2D eigenvalue weighted by molar-refractivity contribution is 6.15. The van der Waals surface area contributed by atoms with Gasteiger partial charge in [-0.3, -0.25) is 0 Å². The minimum Gasteiger partial charge on any atom is -0.309 e. The van der Waals surface area contributed by atoms with Gasteiger partial charge < -0.3 is 13.7 Å². The number of rotatable bonds is 4. The monoisotopic (exact) mass is 699 g/mol. The molecular formula is C50H29N5. The summed E-state index contributed by atoms with van der Waals surface area (Å²) in [6.45, 7) is 8.13. The number of hydrogen-bond acceptors (Lipinski definition) is 1. The molecule has 3 aromatic heterocycles. The van der Waals surface area contributed by atoms with Gasteiger partial charge in [-0.1, -0.05) is 109 Å². The molecule has 0 amide bonds. The molecule has 0 bridgehead atoms. The first-order valence-corrected chi connectivity index (χ1v) is 18.3. The van der Waals surface area contributed by atoms with Crippen molar-refractivity contribution in [2.24, 2.45) is 0 Å². The summed E-state index contributed by atoms with van der Waals surface area (Å²) in [7, 11) is 0. The summed E-state index contributed by atoms with van der Waals surface area (Å²) >= 11 is 0. The van der Waals surface area contributed by atoms with E-state index in [1.54, 1.807) is 0 Å². The minimum atomic E-state index is 0.531. The molecule has 0 saturated carbocycles. The third-order valence-electron chi connectivity index (χ3n) is 11.0. The van der Waals surface area contributed by atoms with E-state index in [2.05, 4.69) is 164 Å². The molecule has 0 atom stereocenters. The Morgan fingerprint density at radius 2 is 0.909 bits per heavy atom. The maximum Gasteiger partial charge on any atom is 0.189 e. The number of hydrogen-bond donors (Lipinski definition) is 0. The maximum absolute atomic E-state index is 10.2. The Morgan fingerprint density at radius 1 is 0.418 bits per heavy atom. The fraction of sp³-hybridized carbons (Fsp3) is 0. The summed E-state index contributed by atoms with van der Waals surface area (Å²) in [6, 6.07) is 63.7. The topological polar surface area (TPSA) is 42.9 Å². The second-order valence-electron chi connectivity index (χ2n) is 14.0. The first-order chi connectivity index (χ1) is 27.2. The standard InChI is InChI=1S/C50H29N5/c1-52-35-27-34(29-37(30-35)54-45-23-7-4-18-40(45)42-20-11-14-33(31-51)49(42)54)32-13-10-15-36(28-32)53-44-22-6-5-19-41(44)43-21-12-26-48(50(43)53)55-46-24-8-2-16-38(46)39-17-3-9-25-47(39)55/h2-30H. The highest BCUT2D eigenvalue weighted by atomic mass is 15.1. The SMILES string of the molecule is [C-]#[N+]c1cc(-c2cccc(-n3c4ccccc4c4cccc(-n5c6ccccc6c6ccccc65)c43)c2)cc(-n2c3ccccc3c3cccc(C#N)c32)c1. The van der Waals surface area contributed by atoms with E-state index < -0.39 is 0 Å². The van der Waals surface area contributed by atoms with Crippen molar-refractivity contribution in [2.75, 3.05) is 0 Å². The molecule has 0 radical (unpaired) electrons. The number of aromatic nitrogens is 3. The molecule has 55 heavy (non-hydrogen) atoms. The van der Waals surface area contributed by atoms with Crippen molar-refractivity contribution < 1.29 is 0 Å². The van der Waals surface area contributed by atoms with E-state index in [0.717, 1.165) is 72.1 Å². The van der Waals surface area contributed by atoms with Crippen LogP contribution in [0.25, 0.3) is 98.5 Å². The zero-order valence-electron chi connectivity index (χ0n) is 29.5. The molecule has 11 rings (SSSR count). The van der Waals surface area contributed by atoms with Crippen LogP contribution in [0.3, 0.4) is 0 Å². The van der Waals surface area contributed by atoms with Gasteiger partial charge >= 0.3 is 0 Å². The largest absolute Gasteiger partial charge is 0.309 e. The molecule has 3 heterocycles. The van der Waals surface area contributed by atoms with Crippen molar-refractivity contribution in [3.05, 3.63) is 193 Å². The van der Waals surface area contributed by atoms with Gasteiger partial charge in [0.25, 0.3) is 0 Å². The van der Waals surface area contributed by atoms with Crippen LogP contribution in [0.4, 0.5) is 5.69 Å². The van der Waals surface area contributed by atoms with Crippen LogP contribution in [0.15, 0.2) is 176 Å². The van der Waals surface area contributed by atoms with Crippen molar-refractivity contribution in [2.45, 2.75) is 0 Å². The summed E-state index contributed by atoms with van der Waals surface area (Å²) in [6.07, 6.45) is 0. The minimum absolute atomic E-state index is 0.531. The molecule has 0 saturated heterocycles. The Labute approximate surface area is 316 Å². The van der Waals surface area contributed by atoms with Crippen molar-refractivity contribution in [1.82, 2.24) is 13.7 Å². The van der Waals surface area contributed by atoms with Gasteiger partial charge in [0.2, 0.25) is 0 Å². The van der Waals surface area contributed by atoms with Crippen LogP contribution in [-0.4, -0.2) is 13.7 Å². The van der Waals surface area contributed by atoms with Gasteiger partial charge in [0, 0.05) is 43.7 Å². The summed E-state index contributed by atoms with van der Waals surface area (Å²) in [5, 5.41) is 17.1. The Hall–Kier alpha value is -7.86. The molecule has 0 N–H and O–H groups in total. The highest BCUT2D eigenvalue weighted by Crippen LogP contribution is 2.41. The molecule has 5 heteroatoms. The van der Waals surface area contributed by atoms with Gasteiger partial charge in [0.15, 0.2) is 5.69 Å². The van der Waals surface area contributed by atoms with Crippen LogP contribution in [0, 0.1) is 17.9 Å². The summed E-state index contributed by atoms with van der Waals surface area (Å²) in [5.74, 6) is 0. The number of nitrogens with zero attached hydrogens (tertiary/aromatic N) is 5. The van der Waals surface area contributed by atoms with Crippen molar-refractivity contribution in [1.29, 1.82) is 5.26 Å². The molecule has 0 unspecified atom stereocenters. The fourth-order valence-corrected chi connectivity index (χ4v) is 8.79. The molecule has 11 aromatic rings. The first-order valence-electron chi connectivity index (χ1n) is 18.3. The Balaban J connectivity index is 1.17. The van der Waals surface area contributed by atoms with Gasteiger partial charge in [-0.25, -0.2) is 4.85 Å². The quantitative estimate of drug-likeness (QED) is 0.169. The lowest BCUT2D eigenvalue weighted by molar-refractivity contribution is 1.13. The normalized spacial score (nSPS) is 11.6. The molecule has 0 aliphatic heterocycles. The smallest absolute Gasteiger partial charge is 0.189 e. The van der Waals surface area contributed by atoms with Gasteiger partial charge in [-0.2, -0.15) is 5.26 Å². The average molecular weight is 700 g/mol. The molecule has 5 nitrogen and oxygen atoms in total. The Bertz CT molecular complexity index is 3420. The predicted octanol–water partition coefficient (Wildman–Crippen LogP) is 13.1. The third kappa shape index (κ3) is 4.45. The summed E-state index contributed by atoms with van der Waals surface area (Å²) in [4.78, 5) is 3.94. The lowest BCUT2D eigenvalue weighted by atomic mass is 10.0. The van der Waals surface area contributed by atoms with E-state index in [1.807, 2.05) is 36.4 Å². The van der Waals surface area contributed by atoms with E-state index in [9.17, 15) is 5.26 Å². The van der Waals surface area contributed by atoms with Crippen LogP contribution < -0.4 is 0 Å². The first kappa shape index (κ1) is 30.7. The van der Waals surface area contributed by atoms with Crippen molar-refractivity contribution in [3.8, 4) is 34.3 Å². The number of nitriles is 1. The summed E-state index contributed by atoms with van der Waals surface area (Å²) < 4.78 is 6.92. The van der Waals surface area contributed by atoms with E-state index >= 15 is 0 Å². The van der Waals surface area contributed by atoms with E-state index in [-0.39, 0.29) is 0 Å². The zero-order valence-corrected chi connectivity index (χ0v) is 29.5. The van der Waals surface area contributed by atoms with Crippen LogP contribution in [0.2, 0.25) is 0 Å². The van der Waals surface area contributed by atoms with Gasteiger partial charge in [0.05, 0.1) is 50.9 Å². The molecular weight excluding hydrogens is 671 g/mol. The molecule has 8 aromatic carbocycles. The number of para-hydroxylation sites is 6. The molecule has 254 valence electrons. The van der Waals surface area contributed by atoms with Crippen molar-refractivity contribution >= 4 is 71.1 Å². The number of benzene rings is 8. The van der Waals surface area contributed by atoms with Crippen LogP contribution in [-0.2, 0) is 0 Å². The molecule has 0 aliphatic rings. The second kappa shape index (κ2) is 11.8.